The fourth-order valence-corrected chi connectivity index (χ4v) is 3.90. The van der Waals surface area contributed by atoms with E-state index in [1.807, 2.05) is 0 Å². The average Bonchev–Trinajstić information content (AvgIpc) is 3.02. The fourth-order valence-electron chi connectivity index (χ4n) is 3.90. The first-order chi connectivity index (χ1) is 9.34. The van der Waals surface area contributed by atoms with Gasteiger partial charge >= 0.3 is 0 Å². The zero-order valence-corrected chi connectivity index (χ0v) is 14.4. The minimum Gasteiger partial charge on any atom is -0.340 e. The van der Waals surface area contributed by atoms with Gasteiger partial charge in [-0.15, -0.1) is 24.8 Å². The Labute approximate surface area is 140 Å². The molecular weight excluding hydrogens is 309 g/mol. The number of piperazine rings is 1. The van der Waals surface area contributed by atoms with Crippen molar-refractivity contribution in [2.45, 2.75) is 44.6 Å². The van der Waals surface area contributed by atoms with Gasteiger partial charge < -0.3 is 10.2 Å². The smallest absolute Gasteiger partial charge is 0.225 e. The molecule has 0 radical (unpaired) electrons. The molecule has 2 saturated heterocycles. The number of nitrogens with one attached hydrogen (secondary N) is 1. The van der Waals surface area contributed by atoms with Gasteiger partial charge in [-0.1, -0.05) is 12.8 Å². The largest absolute Gasteiger partial charge is 0.340 e. The second-order valence-corrected chi connectivity index (χ2v) is 6.32. The van der Waals surface area contributed by atoms with Gasteiger partial charge in [0, 0.05) is 38.1 Å². The molecule has 1 N–H and O–H groups in total. The van der Waals surface area contributed by atoms with E-state index in [-0.39, 0.29) is 24.8 Å². The molecule has 0 aromatic carbocycles. The van der Waals surface area contributed by atoms with Crippen LogP contribution in [-0.4, -0.2) is 61.0 Å². The second-order valence-electron chi connectivity index (χ2n) is 6.32. The summed E-state index contributed by atoms with van der Waals surface area (Å²) in [6.45, 7) is 6.14. The van der Waals surface area contributed by atoms with Crippen LogP contribution in [0.4, 0.5) is 0 Å². The lowest BCUT2D eigenvalue weighted by Crippen LogP contribution is -2.53. The SMILES string of the molecule is Cl.Cl.O=C(C1CCNCC1)N1CCN(C2CCCC2)CC1. The lowest BCUT2D eigenvalue weighted by atomic mass is 9.96. The molecule has 2 aliphatic heterocycles. The van der Waals surface area contributed by atoms with Crippen LogP contribution in [0, 0.1) is 5.92 Å². The summed E-state index contributed by atoms with van der Waals surface area (Å²) in [5.74, 6) is 0.715. The Morgan fingerprint density at radius 1 is 0.857 bits per heavy atom. The van der Waals surface area contributed by atoms with Gasteiger partial charge in [0.2, 0.25) is 5.91 Å². The van der Waals surface area contributed by atoms with E-state index in [0.717, 1.165) is 58.2 Å². The minimum atomic E-state index is 0. The highest BCUT2D eigenvalue weighted by Gasteiger charge is 2.31. The van der Waals surface area contributed by atoms with Gasteiger partial charge in [-0.2, -0.15) is 0 Å². The molecule has 1 amide bonds. The molecule has 4 nitrogen and oxygen atoms in total. The molecule has 6 heteroatoms. The number of halogens is 2. The van der Waals surface area contributed by atoms with E-state index in [4.69, 9.17) is 0 Å². The van der Waals surface area contributed by atoms with E-state index in [1.54, 1.807) is 0 Å². The van der Waals surface area contributed by atoms with E-state index in [1.165, 1.54) is 25.7 Å². The summed E-state index contributed by atoms with van der Waals surface area (Å²) in [6.07, 6.45) is 7.62. The molecule has 3 aliphatic rings. The van der Waals surface area contributed by atoms with Gasteiger partial charge in [0.05, 0.1) is 0 Å². The molecule has 1 saturated carbocycles. The fraction of sp³-hybridized carbons (Fsp3) is 0.933. The van der Waals surface area contributed by atoms with E-state index < -0.39 is 0 Å². The average molecular weight is 338 g/mol. The Bertz CT molecular complexity index is 310. The zero-order chi connectivity index (χ0) is 13.1. The maximum absolute atomic E-state index is 12.5. The van der Waals surface area contributed by atoms with Crippen molar-refractivity contribution in [1.82, 2.24) is 15.1 Å². The molecule has 1 aliphatic carbocycles. The Kier molecular flexibility index (Phi) is 8.32. The molecule has 21 heavy (non-hydrogen) atoms. The van der Waals surface area contributed by atoms with Crippen LogP contribution in [0.25, 0.3) is 0 Å². The van der Waals surface area contributed by atoms with Gasteiger partial charge in [0.1, 0.15) is 0 Å². The van der Waals surface area contributed by atoms with Crippen molar-refractivity contribution >= 4 is 30.7 Å². The topological polar surface area (TPSA) is 35.6 Å². The number of hydrogen-bond donors (Lipinski definition) is 1. The van der Waals surface area contributed by atoms with Crippen molar-refractivity contribution in [3.05, 3.63) is 0 Å². The van der Waals surface area contributed by atoms with Gasteiger partial charge in [-0.25, -0.2) is 0 Å². The van der Waals surface area contributed by atoms with Crippen molar-refractivity contribution in [3.63, 3.8) is 0 Å². The molecule has 0 spiro atoms. The molecule has 0 aromatic rings. The molecule has 0 aromatic heterocycles. The number of piperidine rings is 1. The lowest BCUT2D eigenvalue weighted by Gasteiger charge is -2.39. The first-order valence-corrected chi connectivity index (χ1v) is 8.08. The first kappa shape index (κ1) is 19.0. The molecule has 3 fully saturated rings. The molecule has 0 unspecified atom stereocenters. The van der Waals surface area contributed by atoms with E-state index in [2.05, 4.69) is 15.1 Å². The van der Waals surface area contributed by atoms with Crippen LogP contribution in [0.1, 0.15) is 38.5 Å². The van der Waals surface area contributed by atoms with Crippen molar-refractivity contribution in [3.8, 4) is 0 Å². The molecular formula is C15H29Cl2N3O. The molecule has 3 rings (SSSR count). The number of rotatable bonds is 2. The quantitative estimate of drug-likeness (QED) is 0.836. The molecule has 124 valence electrons. The summed E-state index contributed by atoms with van der Waals surface area (Å²) in [5, 5.41) is 3.34. The third-order valence-electron chi connectivity index (χ3n) is 5.16. The summed E-state index contributed by atoms with van der Waals surface area (Å²) >= 11 is 0. The predicted octanol–water partition coefficient (Wildman–Crippen LogP) is 1.92. The van der Waals surface area contributed by atoms with Crippen molar-refractivity contribution in [2.75, 3.05) is 39.3 Å². The van der Waals surface area contributed by atoms with Gasteiger partial charge in [0.15, 0.2) is 0 Å². The lowest BCUT2D eigenvalue weighted by molar-refractivity contribution is -0.138. The number of amides is 1. The normalized spacial score (nSPS) is 25.2. The van der Waals surface area contributed by atoms with Crippen LogP contribution < -0.4 is 5.32 Å². The summed E-state index contributed by atoms with van der Waals surface area (Å²) < 4.78 is 0. The maximum Gasteiger partial charge on any atom is 0.225 e. The van der Waals surface area contributed by atoms with E-state index in [0.29, 0.717) is 11.8 Å². The highest BCUT2D eigenvalue weighted by Crippen LogP contribution is 2.25. The van der Waals surface area contributed by atoms with Crippen LogP contribution in [0.3, 0.4) is 0 Å². The number of hydrogen-bond acceptors (Lipinski definition) is 3. The number of nitrogens with zero attached hydrogens (tertiary/aromatic N) is 2. The third kappa shape index (κ3) is 4.72. The first-order valence-electron chi connectivity index (χ1n) is 8.08. The summed E-state index contributed by atoms with van der Waals surface area (Å²) in [7, 11) is 0. The predicted molar refractivity (Wildman–Crippen MR) is 90.5 cm³/mol. The van der Waals surface area contributed by atoms with Gasteiger partial charge in [-0.05, 0) is 38.8 Å². The summed E-state index contributed by atoms with van der Waals surface area (Å²) in [5.41, 5.74) is 0. The van der Waals surface area contributed by atoms with Crippen LogP contribution in [0.15, 0.2) is 0 Å². The Morgan fingerprint density at radius 2 is 1.43 bits per heavy atom. The van der Waals surface area contributed by atoms with Crippen molar-refractivity contribution in [1.29, 1.82) is 0 Å². The van der Waals surface area contributed by atoms with Crippen LogP contribution in [0.5, 0.6) is 0 Å². The highest BCUT2D eigenvalue weighted by atomic mass is 35.5. The summed E-state index contributed by atoms with van der Waals surface area (Å²) in [6, 6.07) is 0.816. The zero-order valence-electron chi connectivity index (χ0n) is 12.8. The number of carbonyl (C=O) groups excluding carboxylic acids is 1. The standard InChI is InChI=1S/C15H27N3O.2ClH/c19-15(13-5-7-16-8-6-13)18-11-9-17(10-12-18)14-3-1-2-4-14;;/h13-14,16H,1-12H2;2*1H. The number of carbonyl (C=O) groups is 1. The molecule has 0 bridgehead atoms. The maximum atomic E-state index is 12.5. The minimum absolute atomic E-state index is 0. The van der Waals surface area contributed by atoms with Crippen molar-refractivity contribution in [2.24, 2.45) is 5.92 Å². The van der Waals surface area contributed by atoms with Gasteiger partial charge in [0.25, 0.3) is 0 Å². The van der Waals surface area contributed by atoms with E-state index in [9.17, 15) is 4.79 Å². The molecule has 0 atom stereocenters. The second kappa shape index (κ2) is 9.19. The highest BCUT2D eigenvalue weighted by molar-refractivity contribution is 5.85. The summed E-state index contributed by atoms with van der Waals surface area (Å²) in [4.78, 5) is 17.2. The van der Waals surface area contributed by atoms with Crippen LogP contribution in [0.2, 0.25) is 0 Å². The third-order valence-corrected chi connectivity index (χ3v) is 5.16. The van der Waals surface area contributed by atoms with Crippen molar-refractivity contribution < 1.29 is 4.79 Å². The van der Waals surface area contributed by atoms with Gasteiger partial charge in [-0.3, -0.25) is 9.69 Å². The Hall–Kier alpha value is -0.0300. The van der Waals surface area contributed by atoms with Crippen LogP contribution in [-0.2, 0) is 4.79 Å². The Morgan fingerprint density at radius 3 is 2.00 bits per heavy atom. The van der Waals surface area contributed by atoms with E-state index >= 15 is 0 Å². The van der Waals surface area contributed by atoms with Crippen LogP contribution >= 0.6 is 24.8 Å². The molecule has 2 heterocycles. The monoisotopic (exact) mass is 337 g/mol. The Balaban J connectivity index is 0.00000110.